The molecule has 3 aromatic rings. The maximum absolute atomic E-state index is 14.8. The fraction of sp³-hybridized carbons (Fsp3) is 0.391. The number of hydrogen-bond acceptors (Lipinski definition) is 6. The van der Waals surface area contributed by atoms with Crippen molar-refractivity contribution in [2.24, 2.45) is 0 Å². The van der Waals surface area contributed by atoms with Crippen LogP contribution in [0.2, 0.25) is 0 Å². The van der Waals surface area contributed by atoms with Crippen LogP contribution in [0, 0.1) is 12.7 Å². The molecule has 31 heavy (non-hydrogen) atoms. The molecule has 1 atom stereocenters. The molecule has 3 N–H and O–H groups in total. The Morgan fingerprint density at radius 1 is 1.29 bits per heavy atom. The molecule has 2 aromatic heterocycles. The predicted molar refractivity (Wildman–Crippen MR) is 122 cm³/mol. The van der Waals surface area contributed by atoms with E-state index in [1.165, 1.54) is 17.8 Å². The van der Waals surface area contributed by atoms with E-state index in [2.05, 4.69) is 15.2 Å². The number of anilines is 2. The van der Waals surface area contributed by atoms with E-state index in [0.717, 1.165) is 47.4 Å². The zero-order valence-corrected chi connectivity index (χ0v) is 18.2. The first-order valence-electron chi connectivity index (χ1n) is 10.7. The van der Waals surface area contributed by atoms with Crippen LogP contribution in [-0.4, -0.2) is 36.6 Å². The Morgan fingerprint density at radius 2 is 2.10 bits per heavy atom. The molecule has 8 heteroatoms. The zero-order valence-electron chi connectivity index (χ0n) is 17.4. The van der Waals surface area contributed by atoms with Gasteiger partial charge in [0.05, 0.1) is 17.4 Å². The molecule has 2 aliphatic heterocycles. The molecule has 5 rings (SSSR count). The van der Waals surface area contributed by atoms with Crippen molar-refractivity contribution in [1.82, 2.24) is 10.3 Å². The summed E-state index contributed by atoms with van der Waals surface area (Å²) in [6.07, 6.45) is 3.88. The molecule has 0 spiro atoms. The number of nitrogens with zero attached hydrogens (tertiary/aromatic N) is 2. The lowest BCUT2D eigenvalue weighted by Gasteiger charge is -2.31. The van der Waals surface area contributed by atoms with Crippen molar-refractivity contribution in [3.8, 4) is 5.75 Å². The van der Waals surface area contributed by atoms with E-state index >= 15 is 0 Å². The van der Waals surface area contributed by atoms with Gasteiger partial charge in [-0.15, -0.1) is 11.3 Å². The number of benzene rings is 1. The third-order valence-corrected chi connectivity index (χ3v) is 7.12. The monoisotopic (exact) mass is 440 g/mol. The molecule has 0 bridgehead atoms. The molecule has 0 aliphatic carbocycles. The van der Waals surface area contributed by atoms with Gasteiger partial charge >= 0.3 is 0 Å². The fourth-order valence-electron chi connectivity index (χ4n) is 4.37. The van der Waals surface area contributed by atoms with Crippen LogP contribution in [-0.2, 0) is 6.42 Å². The van der Waals surface area contributed by atoms with Gasteiger partial charge in [0.1, 0.15) is 27.9 Å². The quantitative estimate of drug-likeness (QED) is 0.642. The summed E-state index contributed by atoms with van der Waals surface area (Å²) >= 11 is 1.29. The molecule has 1 amide bonds. The maximum atomic E-state index is 14.8. The number of rotatable bonds is 3. The molecule has 162 valence electrons. The Labute approximate surface area is 184 Å². The van der Waals surface area contributed by atoms with Crippen molar-refractivity contribution in [2.75, 3.05) is 30.3 Å². The molecular weight excluding hydrogens is 415 g/mol. The Bertz CT molecular complexity index is 1160. The van der Waals surface area contributed by atoms with Crippen molar-refractivity contribution < 1.29 is 13.9 Å². The van der Waals surface area contributed by atoms with Gasteiger partial charge in [0.15, 0.2) is 0 Å². The van der Waals surface area contributed by atoms with Crippen molar-refractivity contribution in [1.29, 1.82) is 0 Å². The number of carbonyl (C=O) groups is 1. The summed E-state index contributed by atoms with van der Waals surface area (Å²) in [6.45, 7) is 3.99. The van der Waals surface area contributed by atoms with Crippen LogP contribution in [0.25, 0.3) is 10.2 Å². The standard InChI is InChI=1S/C23H25FN4O2S/c1-13-5-6-16-20(25)21(31-23(16)26-13)22(29)27-15-9-14-10-17(24)18(11-19(14)30-12-15)28-7-3-2-4-8-28/h5-6,10-11,15H,2-4,7-9,12,25H2,1H3,(H,27,29)/t15-/m1/s1. The average molecular weight is 441 g/mol. The zero-order chi connectivity index (χ0) is 21.5. The molecule has 2 aliphatic rings. The molecule has 0 saturated carbocycles. The number of carbonyl (C=O) groups excluding carboxylic acids is 1. The van der Waals surface area contributed by atoms with E-state index in [4.69, 9.17) is 10.5 Å². The number of amides is 1. The van der Waals surface area contributed by atoms with E-state index in [1.54, 1.807) is 6.07 Å². The summed E-state index contributed by atoms with van der Waals surface area (Å²) in [5.41, 5.74) is 8.91. The van der Waals surface area contributed by atoms with E-state index in [1.807, 2.05) is 25.1 Å². The van der Waals surface area contributed by atoms with Crippen molar-refractivity contribution in [3.05, 3.63) is 46.2 Å². The SMILES string of the molecule is Cc1ccc2c(N)c(C(=O)N[C@H]3COc4cc(N5CCCCC5)c(F)cc4C3)sc2n1. The van der Waals surface area contributed by atoms with E-state index in [-0.39, 0.29) is 17.8 Å². The third-order valence-electron chi connectivity index (χ3n) is 6.01. The Hall–Kier alpha value is -2.87. The average Bonchev–Trinajstić information content (AvgIpc) is 3.09. The largest absolute Gasteiger partial charge is 0.491 e. The van der Waals surface area contributed by atoms with Gasteiger partial charge in [0.2, 0.25) is 0 Å². The van der Waals surface area contributed by atoms with Gasteiger partial charge in [-0.05, 0) is 56.4 Å². The Kier molecular flexibility index (Phi) is 5.17. The number of nitrogens with two attached hydrogens (primary N) is 1. The van der Waals surface area contributed by atoms with Gasteiger partial charge in [-0.25, -0.2) is 9.37 Å². The molecule has 1 saturated heterocycles. The maximum Gasteiger partial charge on any atom is 0.263 e. The highest BCUT2D eigenvalue weighted by molar-refractivity contribution is 7.21. The molecule has 1 fully saturated rings. The van der Waals surface area contributed by atoms with Gasteiger partial charge in [0, 0.05) is 30.2 Å². The molecular formula is C23H25FN4O2S. The van der Waals surface area contributed by atoms with Gasteiger partial charge in [0.25, 0.3) is 5.91 Å². The lowest BCUT2D eigenvalue weighted by Crippen LogP contribution is -2.42. The van der Waals surface area contributed by atoms with Crippen molar-refractivity contribution in [2.45, 2.75) is 38.6 Å². The number of ether oxygens (including phenoxy) is 1. The van der Waals surface area contributed by atoms with Gasteiger partial charge in [-0.1, -0.05) is 0 Å². The number of aromatic nitrogens is 1. The summed E-state index contributed by atoms with van der Waals surface area (Å²) in [7, 11) is 0. The summed E-state index contributed by atoms with van der Waals surface area (Å²) in [5.74, 6) is 0.223. The first-order chi connectivity index (χ1) is 15.0. The van der Waals surface area contributed by atoms with Gasteiger partial charge in [-0.3, -0.25) is 4.79 Å². The summed E-state index contributed by atoms with van der Waals surface area (Å²) in [5, 5.41) is 3.79. The molecule has 6 nitrogen and oxygen atoms in total. The minimum Gasteiger partial charge on any atom is -0.491 e. The second kappa shape index (κ2) is 8.00. The molecule has 0 radical (unpaired) electrons. The van der Waals surface area contributed by atoms with Crippen LogP contribution in [0.1, 0.15) is 40.2 Å². The minimum atomic E-state index is -0.250. The first kappa shape index (κ1) is 20.1. The lowest BCUT2D eigenvalue weighted by atomic mass is 10.0. The van der Waals surface area contributed by atoms with Gasteiger partial charge < -0.3 is 20.7 Å². The highest BCUT2D eigenvalue weighted by Gasteiger charge is 2.27. The van der Waals surface area contributed by atoms with Crippen LogP contribution in [0.4, 0.5) is 15.8 Å². The number of fused-ring (bicyclic) bond motifs is 2. The predicted octanol–water partition coefficient (Wildman–Crippen LogP) is 4.05. The summed E-state index contributed by atoms with van der Waals surface area (Å²) in [4.78, 5) is 20.6. The lowest BCUT2D eigenvalue weighted by molar-refractivity contribution is 0.0920. The van der Waals surface area contributed by atoms with Crippen LogP contribution in [0.3, 0.4) is 0 Å². The van der Waals surface area contributed by atoms with Crippen molar-refractivity contribution in [3.63, 3.8) is 0 Å². The summed E-state index contributed by atoms with van der Waals surface area (Å²) < 4.78 is 20.7. The van der Waals surface area contributed by atoms with E-state index in [9.17, 15) is 9.18 Å². The smallest absolute Gasteiger partial charge is 0.263 e. The van der Waals surface area contributed by atoms with Gasteiger partial charge in [-0.2, -0.15) is 0 Å². The number of pyridine rings is 1. The normalized spacial score (nSPS) is 18.5. The second-order valence-electron chi connectivity index (χ2n) is 8.29. The number of aryl methyl sites for hydroxylation is 1. The molecule has 0 unspecified atom stereocenters. The second-order valence-corrected chi connectivity index (χ2v) is 9.29. The van der Waals surface area contributed by atoms with Crippen LogP contribution < -0.4 is 20.7 Å². The number of nitrogens with one attached hydrogen (secondary N) is 1. The Morgan fingerprint density at radius 3 is 2.90 bits per heavy atom. The number of hydrogen-bond donors (Lipinski definition) is 2. The number of nitrogen functional groups attached to an aromatic ring is 1. The Balaban J connectivity index is 1.32. The highest BCUT2D eigenvalue weighted by Crippen LogP contribution is 2.35. The topological polar surface area (TPSA) is 80.5 Å². The van der Waals surface area contributed by atoms with Crippen LogP contribution in [0.5, 0.6) is 5.75 Å². The van der Waals surface area contributed by atoms with Crippen molar-refractivity contribution >= 4 is 38.8 Å². The minimum absolute atomic E-state index is 0.230. The highest BCUT2D eigenvalue weighted by atomic mass is 32.1. The van der Waals surface area contributed by atoms with Crippen LogP contribution >= 0.6 is 11.3 Å². The van der Waals surface area contributed by atoms with E-state index < -0.39 is 0 Å². The van der Waals surface area contributed by atoms with E-state index in [0.29, 0.717) is 35.0 Å². The summed E-state index contributed by atoms with van der Waals surface area (Å²) in [6, 6.07) is 6.89. The number of halogens is 1. The number of piperidine rings is 1. The fourth-order valence-corrected chi connectivity index (χ4v) is 5.41. The first-order valence-corrected chi connectivity index (χ1v) is 11.5. The number of thiophene rings is 1. The third kappa shape index (κ3) is 3.80. The van der Waals surface area contributed by atoms with Crippen LogP contribution in [0.15, 0.2) is 24.3 Å². The molecule has 1 aromatic carbocycles. The molecule has 4 heterocycles.